The lowest BCUT2D eigenvalue weighted by atomic mass is 9.95. The Balaban J connectivity index is 1.05. The third-order valence-electron chi connectivity index (χ3n) is 8.19. The van der Waals surface area contributed by atoms with Gasteiger partial charge in [0.05, 0.1) is 0 Å². The van der Waals surface area contributed by atoms with Crippen molar-refractivity contribution in [3.8, 4) is 0 Å². The molecule has 1 aromatic carbocycles. The molecule has 0 bridgehead atoms. The highest BCUT2D eigenvalue weighted by atomic mass is 16.3. The van der Waals surface area contributed by atoms with E-state index in [2.05, 4.69) is 31.3 Å². The Kier molecular flexibility index (Phi) is 5.83. The number of amides is 3. The summed E-state index contributed by atoms with van der Waals surface area (Å²) in [5.74, 6) is -0.665. The van der Waals surface area contributed by atoms with Crippen molar-refractivity contribution in [2.75, 3.05) is 50.7 Å². The zero-order valence-electron chi connectivity index (χ0n) is 20.2. The number of carbonyl (C=O) groups is 3. The predicted octanol–water partition coefficient (Wildman–Crippen LogP) is 1.51. The molecule has 10 nitrogen and oxygen atoms in total. The van der Waals surface area contributed by atoms with E-state index in [1.54, 1.807) is 17.0 Å². The lowest BCUT2D eigenvalue weighted by Gasteiger charge is -2.49. The summed E-state index contributed by atoms with van der Waals surface area (Å²) in [7, 11) is 0. The zero-order chi connectivity index (χ0) is 24.8. The number of hydrogen-bond acceptors (Lipinski definition) is 8. The van der Waals surface area contributed by atoms with Crippen molar-refractivity contribution in [2.24, 2.45) is 5.18 Å². The van der Waals surface area contributed by atoms with Gasteiger partial charge in [0, 0.05) is 80.8 Å². The number of anilines is 1. The van der Waals surface area contributed by atoms with Gasteiger partial charge in [-0.05, 0) is 48.7 Å². The summed E-state index contributed by atoms with van der Waals surface area (Å²) >= 11 is 0. The molecule has 4 aliphatic heterocycles. The fourth-order valence-corrected chi connectivity index (χ4v) is 6.11. The second-order valence-corrected chi connectivity index (χ2v) is 10.2. The summed E-state index contributed by atoms with van der Waals surface area (Å²) in [6.45, 7) is 6.15. The maximum atomic E-state index is 13.2. The van der Waals surface area contributed by atoms with Crippen molar-refractivity contribution >= 4 is 29.1 Å². The second-order valence-electron chi connectivity index (χ2n) is 10.2. The van der Waals surface area contributed by atoms with E-state index in [0.717, 1.165) is 68.2 Å². The third kappa shape index (κ3) is 3.99. The summed E-state index contributed by atoms with van der Waals surface area (Å²) < 4.78 is 0. The first kappa shape index (κ1) is 22.9. The highest BCUT2D eigenvalue weighted by Crippen LogP contribution is 2.37. The molecule has 3 saturated heterocycles. The van der Waals surface area contributed by atoms with Crippen LogP contribution < -0.4 is 10.2 Å². The van der Waals surface area contributed by atoms with Gasteiger partial charge in [0.2, 0.25) is 11.8 Å². The minimum atomic E-state index is -0.564. The number of piperidine rings is 1. The normalized spacial score (nSPS) is 25.6. The van der Waals surface area contributed by atoms with Crippen molar-refractivity contribution in [3.05, 3.63) is 52.1 Å². The van der Waals surface area contributed by atoms with Crippen LogP contribution in [0.2, 0.25) is 0 Å². The number of benzene rings is 1. The number of nitrogens with one attached hydrogen (secondary N) is 1. The number of allylic oxidation sites excluding steroid dienone is 1. The maximum absolute atomic E-state index is 13.2. The average molecular weight is 491 g/mol. The molecule has 0 spiro atoms. The van der Waals surface area contributed by atoms with Crippen LogP contribution in [0.15, 0.2) is 52.4 Å². The SMILES string of the molecule is O=Nc1ccc(N2CC(N3CCN(C4=CCCC5=C4CN(C4CCC(=O)NC4=O)C5=O)CC3)C2)cc1. The molecule has 0 radical (unpaired) electrons. The van der Waals surface area contributed by atoms with Crippen LogP contribution in [-0.4, -0.2) is 90.3 Å². The van der Waals surface area contributed by atoms with Crippen molar-refractivity contribution < 1.29 is 14.4 Å². The number of imide groups is 1. The Hall–Kier alpha value is -3.53. The number of carbonyl (C=O) groups excluding carboxylic acids is 3. The summed E-state index contributed by atoms with van der Waals surface area (Å²) in [5, 5.41) is 5.35. The molecule has 10 heteroatoms. The van der Waals surface area contributed by atoms with Crippen LogP contribution >= 0.6 is 0 Å². The van der Waals surface area contributed by atoms with E-state index in [4.69, 9.17) is 0 Å². The standard InChI is InChI=1S/C26H30N6O4/c33-24-9-8-23(25(34)27-24)32-16-21-20(26(32)35)2-1-3-22(21)30-12-10-29(11-13-30)19-14-31(15-19)18-6-4-17(28-36)5-7-18/h3-7,19,23H,1-2,8-16H2,(H,27,33,34). The molecule has 5 aliphatic rings. The minimum absolute atomic E-state index is 0.0461. The Morgan fingerprint density at radius 3 is 2.33 bits per heavy atom. The van der Waals surface area contributed by atoms with Crippen LogP contribution in [0.25, 0.3) is 0 Å². The Morgan fingerprint density at radius 2 is 1.64 bits per heavy atom. The molecule has 0 saturated carbocycles. The number of nitroso groups, excluding NO2 is 1. The molecular formula is C26H30N6O4. The summed E-state index contributed by atoms with van der Waals surface area (Å²) in [5.41, 5.74) is 4.62. The highest BCUT2D eigenvalue weighted by Gasteiger charge is 2.43. The third-order valence-corrected chi connectivity index (χ3v) is 8.19. The van der Waals surface area contributed by atoms with Crippen molar-refractivity contribution in [3.63, 3.8) is 0 Å². The van der Waals surface area contributed by atoms with E-state index in [1.165, 1.54) is 0 Å². The van der Waals surface area contributed by atoms with Crippen molar-refractivity contribution in [1.29, 1.82) is 0 Å². The second kappa shape index (κ2) is 9.16. The molecule has 3 fully saturated rings. The fraction of sp³-hybridized carbons (Fsp3) is 0.500. The zero-order valence-corrected chi connectivity index (χ0v) is 20.2. The van der Waals surface area contributed by atoms with Gasteiger partial charge < -0.3 is 14.7 Å². The van der Waals surface area contributed by atoms with Crippen molar-refractivity contribution in [1.82, 2.24) is 20.0 Å². The van der Waals surface area contributed by atoms with E-state index in [-0.39, 0.29) is 24.1 Å². The van der Waals surface area contributed by atoms with E-state index in [0.29, 0.717) is 31.1 Å². The molecule has 6 rings (SSSR count). The predicted molar refractivity (Wildman–Crippen MR) is 133 cm³/mol. The van der Waals surface area contributed by atoms with E-state index in [9.17, 15) is 19.3 Å². The molecule has 1 aromatic rings. The van der Waals surface area contributed by atoms with E-state index in [1.807, 2.05) is 12.1 Å². The molecule has 1 aliphatic carbocycles. The quantitative estimate of drug-likeness (QED) is 0.493. The van der Waals surface area contributed by atoms with Gasteiger partial charge in [0.15, 0.2) is 0 Å². The summed E-state index contributed by atoms with van der Waals surface area (Å²) in [6.07, 6.45) is 4.46. The molecule has 188 valence electrons. The van der Waals surface area contributed by atoms with Gasteiger partial charge in [-0.15, -0.1) is 4.91 Å². The first-order valence-corrected chi connectivity index (χ1v) is 12.8. The lowest BCUT2D eigenvalue weighted by Crippen LogP contribution is -2.63. The first-order chi connectivity index (χ1) is 17.5. The van der Waals surface area contributed by atoms with Gasteiger partial charge in [0.1, 0.15) is 11.7 Å². The van der Waals surface area contributed by atoms with Gasteiger partial charge >= 0.3 is 0 Å². The molecule has 1 N–H and O–H groups in total. The van der Waals surface area contributed by atoms with Gasteiger partial charge in [-0.1, -0.05) is 6.08 Å². The maximum Gasteiger partial charge on any atom is 0.251 e. The van der Waals surface area contributed by atoms with Crippen LogP contribution in [-0.2, 0) is 14.4 Å². The summed E-state index contributed by atoms with van der Waals surface area (Å²) in [6, 6.07) is 7.36. The highest BCUT2D eigenvalue weighted by molar-refractivity contribution is 6.05. The molecule has 36 heavy (non-hydrogen) atoms. The van der Waals surface area contributed by atoms with Crippen LogP contribution in [0.1, 0.15) is 25.7 Å². The molecule has 3 amide bonds. The average Bonchev–Trinajstić information content (AvgIpc) is 3.20. The number of piperazine rings is 1. The molecule has 0 aromatic heterocycles. The Labute approximate surface area is 209 Å². The smallest absolute Gasteiger partial charge is 0.251 e. The lowest BCUT2D eigenvalue weighted by molar-refractivity contribution is -0.142. The monoisotopic (exact) mass is 490 g/mol. The summed E-state index contributed by atoms with van der Waals surface area (Å²) in [4.78, 5) is 56.7. The fourth-order valence-electron chi connectivity index (χ4n) is 6.11. The molecular weight excluding hydrogens is 460 g/mol. The number of rotatable bonds is 5. The van der Waals surface area contributed by atoms with Crippen LogP contribution in [0.4, 0.5) is 11.4 Å². The number of nitrogens with zero attached hydrogens (tertiary/aromatic N) is 5. The Bertz CT molecular complexity index is 1160. The van der Waals surface area contributed by atoms with Crippen LogP contribution in [0.5, 0.6) is 0 Å². The van der Waals surface area contributed by atoms with Gasteiger partial charge in [-0.2, -0.15) is 0 Å². The van der Waals surface area contributed by atoms with E-state index < -0.39 is 6.04 Å². The molecule has 1 unspecified atom stereocenters. The molecule has 1 atom stereocenters. The van der Waals surface area contributed by atoms with Crippen molar-refractivity contribution in [2.45, 2.75) is 37.8 Å². The topological polar surface area (TPSA) is 106 Å². The van der Waals surface area contributed by atoms with Crippen LogP contribution in [0, 0.1) is 4.91 Å². The first-order valence-electron chi connectivity index (χ1n) is 12.8. The number of hydrogen-bond donors (Lipinski definition) is 1. The molecule has 4 heterocycles. The van der Waals surface area contributed by atoms with Gasteiger partial charge in [-0.25, -0.2) is 0 Å². The largest absolute Gasteiger partial charge is 0.369 e. The van der Waals surface area contributed by atoms with Gasteiger partial charge in [-0.3, -0.25) is 24.6 Å². The van der Waals surface area contributed by atoms with Gasteiger partial charge in [0.25, 0.3) is 5.91 Å². The minimum Gasteiger partial charge on any atom is -0.369 e. The van der Waals surface area contributed by atoms with Crippen LogP contribution in [0.3, 0.4) is 0 Å². The Morgan fingerprint density at radius 1 is 0.889 bits per heavy atom. The van der Waals surface area contributed by atoms with E-state index >= 15 is 0 Å².